The molecular weight excluding hydrogens is 420 g/mol. The van der Waals surface area contributed by atoms with Crippen molar-refractivity contribution in [2.45, 2.75) is 51.2 Å². The second-order valence-electron chi connectivity index (χ2n) is 7.49. The number of carboxylic acid groups (broad SMARTS) is 1. The Hall–Kier alpha value is -3.76. The van der Waals surface area contributed by atoms with Gasteiger partial charge in [0.2, 0.25) is 17.7 Å². The van der Waals surface area contributed by atoms with Gasteiger partial charge in [0.05, 0.1) is 12.5 Å². The van der Waals surface area contributed by atoms with Crippen LogP contribution in [0.4, 0.5) is 5.69 Å². The smallest absolute Gasteiger partial charge is 0.305 e. The monoisotopic (exact) mass is 446 g/mol. The van der Waals surface area contributed by atoms with Crippen LogP contribution in [0.25, 0.3) is 0 Å². The number of hydrogen-bond donors (Lipinski definition) is 4. The van der Waals surface area contributed by atoms with Crippen molar-refractivity contribution in [2.24, 2.45) is 0 Å². The molecule has 0 saturated carbocycles. The Morgan fingerprint density at radius 3 is 2.38 bits per heavy atom. The van der Waals surface area contributed by atoms with Gasteiger partial charge in [0, 0.05) is 24.7 Å². The normalized spacial score (nSPS) is 17.1. The molecule has 1 fully saturated rings. The lowest BCUT2D eigenvalue weighted by Crippen LogP contribution is -2.54. The summed E-state index contributed by atoms with van der Waals surface area (Å²) in [6, 6.07) is 3.17. The van der Waals surface area contributed by atoms with E-state index in [2.05, 4.69) is 16.0 Å². The van der Waals surface area contributed by atoms with E-state index < -0.39 is 48.2 Å². The number of likely N-dealkylation sites (tertiary alicyclic amines) is 1. The lowest BCUT2D eigenvalue weighted by atomic mass is 10.1. The maximum Gasteiger partial charge on any atom is 0.305 e. The number of amides is 4. The van der Waals surface area contributed by atoms with Crippen LogP contribution in [0, 0.1) is 0 Å². The van der Waals surface area contributed by atoms with Gasteiger partial charge < -0.3 is 30.8 Å². The van der Waals surface area contributed by atoms with Gasteiger partial charge in [-0.15, -0.1) is 0 Å². The van der Waals surface area contributed by atoms with Crippen molar-refractivity contribution in [1.82, 2.24) is 15.5 Å². The molecule has 0 aromatic heterocycles. The first-order valence-electron chi connectivity index (χ1n) is 10.1. The van der Waals surface area contributed by atoms with Crippen molar-refractivity contribution in [3.8, 4) is 0 Å². The second kappa shape index (κ2) is 11.0. The van der Waals surface area contributed by atoms with Gasteiger partial charge in [-0.05, 0) is 44.0 Å². The van der Waals surface area contributed by atoms with Gasteiger partial charge in [-0.3, -0.25) is 24.0 Å². The first-order chi connectivity index (χ1) is 15.1. The molecule has 32 heavy (non-hydrogen) atoms. The van der Waals surface area contributed by atoms with E-state index in [4.69, 9.17) is 5.11 Å². The van der Waals surface area contributed by atoms with Crippen LogP contribution in [0.1, 0.15) is 43.5 Å². The summed E-state index contributed by atoms with van der Waals surface area (Å²) in [6.45, 7) is 3.16. The fourth-order valence-electron chi connectivity index (χ4n) is 3.40. The van der Waals surface area contributed by atoms with Crippen LogP contribution in [-0.4, -0.2) is 70.6 Å². The van der Waals surface area contributed by atoms with E-state index in [0.717, 1.165) is 0 Å². The van der Waals surface area contributed by atoms with Crippen LogP contribution < -0.4 is 16.0 Å². The predicted octanol–water partition coefficient (Wildman–Crippen LogP) is -0.0873. The number of nitrogens with zero attached hydrogens (tertiary/aromatic N) is 1. The van der Waals surface area contributed by atoms with E-state index >= 15 is 0 Å². The van der Waals surface area contributed by atoms with Crippen molar-refractivity contribution < 1.29 is 33.9 Å². The average molecular weight is 446 g/mol. The van der Waals surface area contributed by atoms with Gasteiger partial charge in [0.15, 0.2) is 0 Å². The lowest BCUT2D eigenvalue weighted by Gasteiger charge is -2.27. The van der Waals surface area contributed by atoms with E-state index in [9.17, 15) is 28.8 Å². The summed E-state index contributed by atoms with van der Waals surface area (Å²) in [4.78, 5) is 72.0. The molecule has 0 radical (unpaired) electrons. The highest BCUT2D eigenvalue weighted by molar-refractivity contribution is 5.99. The molecule has 1 aliphatic rings. The van der Waals surface area contributed by atoms with Gasteiger partial charge in [-0.1, -0.05) is 0 Å². The zero-order chi connectivity index (χ0) is 23.8. The van der Waals surface area contributed by atoms with Gasteiger partial charge in [-0.25, -0.2) is 0 Å². The van der Waals surface area contributed by atoms with Crippen LogP contribution >= 0.6 is 0 Å². The zero-order valence-corrected chi connectivity index (χ0v) is 17.8. The molecule has 11 nitrogen and oxygen atoms in total. The third kappa shape index (κ3) is 6.62. The van der Waals surface area contributed by atoms with Crippen molar-refractivity contribution in [1.29, 1.82) is 0 Å². The largest absolute Gasteiger partial charge is 0.481 e. The third-order valence-electron chi connectivity index (χ3n) is 4.91. The average Bonchev–Trinajstić information content (AvgIpc) is 3.22. The molecule has 4 N–H and O–H groups in total. The summed E-state index contributed by atoms with van der Waals surface area (Å²) in [7, 11) is 0. The Balaban J connectivity index is 1.98. The fourth-order valence-corrected chi connectivity index (χ4v) is 3.40. The van der Waals surface area contributed by atoms with Crippen LogP contribution in [0.2, 0.25) is 0 Å². The molecule has 11 heteroatoms. The van der Waals surface area contributed by atoms with E-state index in [1.54, 1.807) is 12.1 Å². The van der Waals surface area contributed by atoms with Crippen LogP contribution in [0.15, 0.2) is 24.3 Å². The van der Waals surface area contributed by atoms with E-state index in [1.807, 2.05) is 0 Å². The van der Waals surface area contributed by atoms with Crippen molar-refractivity contribution in [3.63, 3.8) is 0 Å². The number of carboxylic acids is 1. The van der Waals surface area contributed by atoms with Crippen LogP contribution in [0.5, 0.6) is 0 Å². The Morgan fingerprint density at radius 2 is 1.81 bits per heavy atom. The quantitative estimate of drug-likeness (QED) is 0.385. The second-order valence-corrected chi connectivity index (χ2v) is 7.49. The molecule has 0 spiro atoms. The minimum absolute atomic E-state index is 0.243. The Labute approximate surface area is 184 Å². The third-order valence-corrected chi connectivity index (χ3v) is 4.91. The molecule has 4 amide bonds. The van der Waals surface area contributed by atoms with Crippen LogP contribution in [-0.2, 0) is 24.0 Å². The summed E-state index contributed by atoms with van der Waals surface area (Å²) >= 11 is 0. The summed E-state index contributed by atoms with van der Waals surface area (Å²) in [5.74, 6) is -3.05. The highest BCUT2D eigenvalue weighted by atomic mass is 16.4. The number of anilines is 1. The molecule has 0 bridgehead atoms. The molecule has 2 rings (SSSR count). The minimum Gasteiger partial charge on any atom is -0.481 e. The zero-order valence-electron chi connectivity index (χ0n) is 17.8. The van der Waals surface area contributed by atoms with Crippen LogP contribution in [0.3, 0.4) is 0 Å². The lowest BCUT2D eigenvalue weighted by molar-refractivity contribution is -0.141. The van der Waals surface area contributed by atoms with E-state index in [1.165, 1.54) is 30.9 Å². The van der Waals surface area contributed by atoms with Crippen molar-refractivity contribution in [3.05, 3.63) is 29.8 Å². The standard InChI is InChI=1S/C21H26N4O7/c1-12(22-19(30)14-5-7-15(8-6-14)23-13(2)27)21(32)25-9-3-4-17(25)20(31)24-16(11-26)10-18(28)29/h5-8,11-12,16-17H,3-4,9-10H2,1-2H3,(H,22,30)(H,23,27)(H,24,31)(H,28,29)/t12-,16-,17-/m0/s1. The number of carbonyl (C=O) groups excluding carboxylic acids is 5. The molecular formula is C21H26N4O7. The summed E-state index contributed by atoms with van der Waals surface area (Å²) < 4.78 is 0. The molecule has 3 atom stereocenters. The molecule has 0 unspecified atom stereocenters. The summed E-state index contributed by atoms with van der Waals surface area (Å²) in [5, 5.41) is 16.3. The number of aldehydes is 1. The van der Waals surface area contributed by atoms with Gasteiger partial charge in [0.1, 0.15) is 18.4 Å². The molecule has 1 aromatic rings. The highest BCUT2D eigenvalue weighted by Crippen LogP contribution is 2.19. The van der Waals surface area contributed by atoms with Gasteiger partial charge in [0.25, 0.3) is 5.91 Å². The first kappa shape index (κ1) is 24.5. The number of rotatable bonds is 9. The van der Waals surface area contributed by atoms with Gasteiger partial charge >= 0.3 is 5.97 Å². The summed E-state index contributed by atoms with van der Waals surface area (Å²) in [6.07, 6.45) is 0.706. The Morgan fingerprint density at radius 1 is 1.16 bits per heavy atom. The molecule has 1 aromatic carbocycles. The van der Waals surface area contributed by atoms with E-state index in [-0.39, 0.29) is 11.5 Å². The van der Waals surface area contributed by atoms with Gasteiger partial charge in [-0.2, -0.15) is 0 Å². The predicted molar refractivity (Wildman–Crippen MR) is 113 cm³/mol. The topological polar surface area (TPSA) is 162 Å². The number of benzene rings is 1. The van der Waals surface area contributed by atoms with E-state index in [0.29, 0.717) is 31.4 Å². The molecule has 1 saturated heterocycles. The first-order valence-corrected chi connectivity index (χ1v) is 10.1. The number of carbonyl (C=O) groups is 6. The SMILES string of the molecule is CC(=O)Nc1ccc(C(=O)N[C@@H](C)C(=O)N2CCC[C@H]2C(=O)N[C@H](C=O)CC(=O)O)cc1. The Bertz CT molecular complexity index is 900. The maximum absolute atomic E-state index is 12.9. The summed E-state index contributed by atoms with van der Waals surface area (Å²) in [5.41, 5.74) is 0.817. The number of nitrogens with one attached hydrogen (secondary N) is 3. The molecule has 1 aliphatic heterocycles. The molecule has 0 aliphatic carbocycles. The number of hydrogen-bond acceptors (Lipinski definition) is 6. The molecule has 1 heterocycles. The highest BCUT2D eigenvalue weighted by Gasteiger charge is 2.37. The van der Waals surface area contributed by atoms with Crippen molar-refractivity contribution >= 4 is 41.6 Å². The molecule has 172 valence electrons. The Kier molecular flexibility index (Phi) is 8.45. The minimum atomic E-state index is -1.23. The number of aliphatic carboxylic acids is 1. The fraction of sp³-hybridized carbons (Fsp3) is 0.429. The van der Waals surface area contributed by atoms with Crippen molar-refractivity contribution in [2.75, 3.05) is 11.9 Å². The maximum atomic E-state index is 12.9.